The minimum Gasteiger partial charge on any atom is -0.469 e. The first-order valence-corrected chi connectivity index (χ1v) is 6.53. The zero-order valence-corrected chi connectivity index (χ0v) is 11.5. The van der Waals surface area contributed by atoms with Gasteiger partial charge in [-0.2, -0.15) is 0 Å². The largest absolute Gasteiger partial charge is 0.573 e. The summed E-state index contributed by atoms with van der Waals surface area (Å²) in [5.41, 5.74) is 0.741. The average molecular weight is 299 g/mol. The number of hydrogen-bond donors (Lipinski definition) is 1. The fourth-order valence-corrected chi connectivity index (χ4v) is 2.15. The van der Waals surface area contributed by atoms with Crippen molar-refractivity contribution in [2.75, 3.05) is 7.05 Å². The molecule has 6 heteroatoms. The van der Waals surface area contributed by atoms with Crippen LogP contribution in [-0.2, 0) is 6.42 Å². The minimum absolute atomic E-state index is 0.0770. The molecule has 0 amide bonds. The van der Waals surface area contributed by atoms with E-state index in [9.17, 15) is 13.2 Å². The normalized spacial score (nSPS) is 13.1. The molecule has 0 saturated heterocycles. The summed E-state index contributed by atoms with van der Waals surface area (Å²) in [4.78, 5) is 0. The summed E-state index contributed by atoms with van der Waals surface area (Å²) in [5, 5.41) is 3.09. The van der Waals surface area contributed by atoms with Crippen molar-refractivity contribution in [3.05, 3.63) is 54.0 Å². The van der Waals surface area contributed by atoms with Crippen LogP contribution in [0.25, 0.3) is 0 Å². The van der Waals surface area contributed by atoms with Crippen molar-refractivity contribution >= 4 is 0 Å². The van der Waals surface area contributed by atoms with Crippen LogP contribution in [0, 0.1) is 0 Å². The van der Waals surface area contributed by atoms with Crippen LogP contribution >= 0.6 is 0 Å². The molecule has 1 heterocycles. The van der Waals surface area contributed by atoms with Gasteiger partial charge in [-0.3, -0.25) is 0 Å². The van der Waals surface area contributed by atoms with Gasteiger partial charge in [0.15, 0.2) is 0 Å². The Morgan fingerprint density at radius 3 is 2.67 bits per heavy atom. The number of ether oxygens (including phenoxy) is 1. The number of aryl methyl sites for hydroxylation is 1. The fourth-order valence-electron chi connectivity index (χ4n) is 2.15. The van der Waals surface area contributed by atoms with Gasteiger partial charge in [-0.1, -0.05) is 12.1 Å². The molecule has 0 saturated carbocycles. The van der Waals surface area contributed by atoms with E-state index in [0.717, 1.165) is 11.3 Å². The molecule has 3 nitrogen and oxygen atoms in total. The first kappa shape index (κ1) is 15.4. The number of rotatable bonds is 6. The van der Waals surface area contributed by atoms with E-state index in [4.69, 9.17) is 4.42 Å². The lowest BCUT2D eigenvalue weighted by molar-refractivity contribution is -0.274. The third kappa shape index (κ3) is 4.82. The van der Waals surface area contributed by atoms with Gasteiger partial charge in [0.1, 0.15) is 11.5 Å². The van der Waals surface area contributed by atoms with Gasteiger partial charge >= 0.3 is 6.36 Å². The number of hydrogen-bond acceptors (Lipinski definition) is 3. The Kier molecular flexibility index (Phi) is 4.90. The van der Waals surface area contributed by atoms with Gasteiger partial charge in [-0.15, -0.1) is 13.2 Å². The van der Waals surface area contributed by atoms with Crippen molar-refractivity contribution in [1.82, 2.24) is 5.32 Å². The zero-order valence-electron chi connectivity index (χ0n) is 11.5. The third-order valence-electron chi connectivity index (χ3n) is 3.10. The lowest BCUT2D eigenvalue weighted by Crippen LogP contribution is -2.19. The Hall–Kier alpha value is -1.95. The summed E-state index contributed by atoms with van der Waals surface area (Å²) in [6.07, 6.45) is -1.67. The Morgan fingerprint density at radius 2 is 2.05 bits per heavy atom. The summed E-state index contributed by atoms with van der Waals surface area (Å²) >= 11 is 0. The van der Waals surface area contributed by atoms with E-state index in [-0.39, 0.29) is 11.8 Å². The SMILES string of the molecule is CNC(CCc1ccco1)c1cccc(OC(F)(F)F)c1. The summed E-state index contributed by atoms with van der Waals surface area (Å²) in [6.45, 7) is 0. The van der Waals surface area contributed by atoms with Gasteiger partial charge in [-0.05, 0) is 43.3 Å². The maximum Gasteiger partial charge on any atom is 0.573 e. The van der Waals surface area contributed by atoms with Crippen molar-refractivity contribution in [1.29, 1.82) is 0 Å². The highest BCUT2D eigenvalue weighted by molar-refractivity contribution is 5.30. The van der Waals surface area contributed by atoms with Crippen molar-refractivity contribution in [2.24, 2.45) is 0 Å². The van der Waals surface area contributed by atoms with Crippen molar-refractivity contribution in [3.8, 4) is 5.75 Å². The average Bonchev–Trinajstić information content (AvgIpc) is 2.91. The third-order valence-corrected chi connectivity index (χ3v) is 3.10. The topological polar surface area (TPSA) is 34.4 Å². The van der Waals surface area contributed by atoms with E-state index >= 15 is 0 Å². The minimum atomic E-state index is -4.68. The first-order valence-electron chi connectivity index (χ1n) is 6.53. The van der Waals surface area contributed by atoms with E-state index in [1.54, 1.807) is 25.4 Å². The molecule has 0 radical (unpaired) electrons. The van der Waals surface area contributed by atoms with Crippen LogP contribution in [0.3, 0.4) is 0 Å². The molecule has 0 aliphatic carbocycles. The molecule has 2 rings (SSSR count). The maximum atomic E-state index is 12.2. The molecule has 21 heavy (non-hydrogen) atoms. The zero-order chi connectivity index (χ0) is 15.3. The molecular formula is C15H16F3NO2. The standard InChI is InChI=1S/C15H16F3NO2/c1-19-14(8-7-12-6-3-9-20-12)11-4-2-5-13(10-11)21-15(16,17)18/h2-6,9-10,14,19H,7-8H2,1H3. The van der Waals surface area contributed by atoms with E-state index in [1.807, 2.05) is 12.1 Å². The van der Waals surface area contributed by atoms with Gasteiger partial charge in [0.2, 0.25) is 0 Å². The van der Waals surface area contributed by atoms with Crippen LogP contribution in [-0.4, -0.2) is 13.4 Å². The van der Waals surface area contributed by atoms with Gasteiger partial charge in [0, 0.05) is 12.5 Å². The molecule has 1 aromatic heterocycles. The Balaban J connectivity index is 2.05. The molecule has 0 fully saturated rings. The molecule has 1 unspecified atom stereocenters. The molecule has 1 N–H and O–H groups in total. The Morgan fingerprint density at radius 1 is 1.24 bits per heavy atom. The van der Waals surface area contributed by atoms with E-state index in [2.05, 4.69) is 10.1 Å². The predicted molar refractivity (Wildman–Crippen MR) is 72.0 cm³/mol. The molecule has 2 aromatic rings. The second kappa shape index (κ2) is 6.67. The molecule has 0 aliphatic rings. The highest BCUT2D eigenvalue weighted by Gasteiger charge is 2.31. The molecule has 0 aliphatic heterocycles. The molecule has 0 spiro atoms. The van der Waals surface area contributed by atoms with E-state index in [1.165, 1.54) is 12.1 Å². The summed E-state index contributed by atoms with van der Waals surface area (Å²) in [7, 11) is 1.77. The van der Waals surface area contributed by atoms with Gasteiger partial charge in [0.25, 0.3) is 0 Å². The second-order valence-electron chi connectivity index (χ2n) is 4.58. The van der Waals surface area contributed by atoms with Crippen LogP contribution in [0.5, 0.6) is 5.75 Å². The first-order chi connectivity index (χ1) is 9.98. The van der Waals surface area contributed by atoms with Crippen LogP contribution in [0.2, 0.25) is 0 Å². The molecule has 1 aromatic carbocycles. The van der Waals surface area contributed by atoms with Crippen LogP contribution < -0.4 is 10.1 Å². The molecule has 0 bridgehead atoms. The lowest BCUT2D eigenvalue weighted by Gasteiger charge is -2.17. The quantitative estimate of drug-likeness (QED) is 0.873. The molecular weight excluding hydrogens is 283 g/mol. The molecule has 1 atom stereocenters. The van der Waals surface area contributed by atoms with Crippen LogP contribution in [0.1, 0.15) is 23.8 Å². The lowest BCUT2D eigenvalue weighted by atomic mass is 10.0. The summed E-state index contributed by atoms with van der Waals surface area (Å²) in [6, 6.07) is 9.61. The number of nitrogens with one attached hydrogen (secondary N) is 1. The van der Waals surface area contributed by atoms with Crippen molar-refractivity contribution < 1.29 is 22.3 Å². The van der Waals surface area contributed by atoms with E-state index < -0.39 is 6.36 Å². The number of alkyl halides is 3. The van der Waals surface area contributed by atoms with Gasteiger partial charge in [-0.25, -0.2) is 0 Å². The van der Waals surface area contributed by atoms with Gasteiger partial charge < -0.3 is 14.5 Å². The Labute approximate surface area is 120 Å². The maximum absolute atomic E-state index is 12.2. The molecule has 114 valence electrons. The van der Waals surface area contributed by atoms with Gasteiger partial charge in [0.05, 0.1) is 6.26 Å². The summed E-state index contributed by atoms with van der Waals surface area (Å²) < 4.78 is 45.9. The number of furan rings is 1. The Bertz CT molecular complexity index is 552. The highest BCUT2D eigenvalue weighted by Crippen LogP contribution is 2.27. The van der Waals surface area contributed by atoms with Crippen molar-refractivity contribution in [3.63, 3.8) is 0 Å². The van der Waals surface area contributed by atoms with E-state index in [0.29, 0.717) is 12.8 Å². The summed E-state index contributed by atoms with van der Waals surface area (Å²) in [5.74, 6) is 0.635. The number of benzene rings is 1. The highest BCUT2D eigenvalue weighted by atomic mass is 19.4. The van der Waals surface area contributed by atoms with Crippen LogP contribution in [0.15, 0.2) is 47.1 Å². The monoisotopic (exact) mass is 299 g/mol. The van der Waals surface area contributed by atoms with Crippen LogP contribution in [0.4, 0.5) is 13.2 Å². The smallest absolute Gasteiger partial charge is 0.469 e. The van der Waals surface area contributed by atoms with Crippen molar-refractivity contribution in [2.45, 2.75) is 25.2 Å². The predicted octanol–water partition coefficient (Wildman–Crippen LogP) is 4.07. The second-order valence-corrected chi connectivity index (χ2v) is 4.58. The number of halogens is 3. The fraction of sp³-hybridized carbons (Fsp3) is 0.333.